The Kier molecular flexibility index (Phi) is 50.9. The summed E-state index contributed by atoms with van der Waals surface area (Å²) in [6, 6.07) is 19.7. The summed E-state index contributed by atoms with van der Waals surface area (Å²) in [7, 11) is 0. The number of carbonyl (C=O) groups is 2. The minimum Gasteiger partial charge on any atom is -0.462 e. The Labute approximate surface area is 443 Å². The molecule has 0 aliphatic heterocycles. The second-order valence-corrected chi connectivity index (χ2v) is 20.9. The number of ether oxygens (including phenoxy) is 4. The van der Waals surface area contributed by atoms with E-state index in [1.807, 2.05) is 60.7 Å². The summed E-state index contributed by atoms with van der Waals surface area (Å²) in [5, 5.41) is 17.5. The predicted octanol–water partition coefficient (Wildman–Crippen LogP) is 17.9. The molecule has 8 nitrogen and oxygen atoms in total. The lowest BCUT2D eigenvalue weighted by Gasteiger charge is -2.18. The maximum Gasteiger partial charge on any atom is 0.306 e. The normalized spacial score (nSPS) is 12.1. The van der Waals surface area contributed by atoms with E-state index in [4.69, 9.17) is 29.2 Å². The van der Waals surface area contributed by atoms with Gasteiger partial charge in [0, 0.05) is 12.8 Å². The van der Waals surface area contributed by atoms with E-state index in [1.165, 1.54) is 218 Å². The molecule has 0 aliphatic carbocycles. The highest BCUT2D eigenvalue weighted by Crippen LogP contribution is 2.18. The van der Waals surface area contributed by atoms with Gasteiger partial charge in [-0.25, -0.2) is 0 Å². The summed E-state index contributed by atoms with van der Waals surface area (Å²) >= 11 is 0. The monoisotopic (exact) mass is 1010 g/mol. The molecule has 2 rings (SSSR count). The molecule has 0 saturated carbocycles. The average molecular weight is 1010 g/mol. The van der Waals surface area contributed by atoms with Gasteiger partial charge in [-0.3, -0.25) is 9.59 Å². The Bertz CT molecular complexity index is 1390. The molecule has 72 heavy (non-hydrogen) atoms. The fourth-order valence-electron chi connectivity index (χ4n) is 9.14. The molecule has 0 spiro atoms. The molecular weight excluding hydrogens is 897 g/mol. The highest BCUT2D eigenvalue weighted by Gasteiger charge is 2.18. The molecular formula is C64H112O8. The Hall–Kier alpha value is -2.78. The largest absolute Gasteiger partial charge is 0.462 e. The number of aliphatic hydroxyl groups is 2. The van der Waals surface area contributed by atoms with Crippen LogP contribution >= 0.6 is 0 Å². The fourth-order valence-corrected chi connectivity index (χ4v) is 9.14. The summed E-state index contributed by atoms with van der Waals surface area (Å²) in [6.07, 6.45) is 50.1. The molecule has 416 valence electrons. The van der Waals surface area contributed by atoms with Gasteiger partial charge in [-0.15, -0.1) is 0 Å². The quantitative estimate of drug-likeness (QED) is 0.0498. The van der Waals surface area contributed by atoms with Crippen molar-refractivity contribution in [2.24, 2.45) is 0 Å². The van der Waals surface area contributed by atoms with Crippen molar-refractivity contribution >= 4 is 11.9 Å². The molecule has 0 amide bonds. The van der Waals surface area contributed by atoms with Gasteiger partial charge in [0.25, 0.3) is 0 Å². The third kappa shape index (κ3) is 48.2. The number of rotatable bonds is 52. The van der Waals surface area contributed by atoms with E-state index >= 15 is 0 Å². The van der Waals surface area contributed by atoms with Crippen LogP contribution in [0.3, 0.4) is 0 Å². The molecule has 0 heterocycles. The van der Waals surface area contributed by atoms with E-state index in [2.05, 4.69) is 13.8 Å². The molecule has 0 fully saturated rings. The molecule has 0 radical (unpaired) electrons. The number of benzene rings is 2. The minimum atomic E-state index is -0.774. The Balaban J connectivity index is 0.00000171. The summed E-state index contributed by atoms with van der Waals surface area (Å²) in [5.41, 5.74) is 2.13. The van der Waals surface area contributed by atoms with Gasteiger partial charge >= 0.3 is 11.9 Å². The number of hydrogen-bond donors (Lipinski definition) is 2. The molecule has 2 atom stereocenters. The van der Waals surface area contributed by atoms with Gasteiger partial charge in [0.15, 0.2) is 6.10 Å². The van der Waals surface area contributed by atoms with E-state index in [-0.39, 0.29) is 38.4 Å². The molecule has 2 aromatic carbocycles. The van der Waals surface area contributed by atoms with E-state index < -0.39 is 12.2 Å². The zero-order chi connectivity index (χ0) is 51.9. The Morgan fingerprint density at radius 1 is 0.389 bits per heavy atom. The lowest BCUT2D eigenvalue weighted by molar-refractivity contribution is -0.163. The molecule has 0 aromatic heterocycles. The zero-order valence-electron chi connectivity index (χ0n) is 46.8. The number of esters is 2. The van der Waals surface area contributed by atoms with Crippen LogP contribution in [0.25, 0.3) is 0 Å². The summed E-state index contributed by atoms with van der Waals surface area (Å²) in [6.45, 7) is 5.66. The summed E-state index contributed by atoms with van der Waals surface area (Å²) in [5.74, 6) is -0.431. The molecule has 2 N–H and O–H groups in total. The lowest BCUT2D eigenvalue weighted by Crippen LogP contribution is -2.29. The molecule has 0 bridgehead atoms. The first-order chi connectivity index (χ1) is 35.5. The Morgan fingerprint density at radius 2 is 0.681 bits per heavy atom. The maximum atomic E-state index is 12.8. The van der Waals surface area contributed by atoms with Gasteiger partial charge in [-0.2, -0.15) is 0 Å². The number of carbonyl (C=O) groups excluding carboxylic acids is 2. The van der Waals surface area contributed by atoms with E-state index in [0.717, 1.165) is 36.8 Å². The van der Waals surface area contributed by atoms with Crippen molar-refractivity contribution < 1.29 is 38.7 Å². The van der Waals surface area contributed by atoms with Crippen LogP contribution in [0.5, 0.6) is 0 Å². The van der Waals surface area contributed by atoms with Crippen molar-refractivity contribution in [1.82, 2.24) is 0 Å². The fraction of sp³-hybridized carbons (Fsp3) is 0.781. The van der Waals surface area contributed by atoms with Gasteiger partial charge in [-0.05, 0) is 24.0 Å². The van der Waals surface area contributed by atoms with Crippen LogP contribution in [0.4, 0.5) is 0 Å². The smallest absolute Gasteiger partial charge is 0.306 e. The molecule has 0 unspecified atom stereocenters. The Morgan fingerprint density at radius 3 is 1.00 bits per heavy atom. The minimum absolute atomic E-state index is 0.0533. The van der Waals surface area contributed by atoms with E-state index in [9.17, 15) is 9.59 Å². The first kappa shape index (κ1) is 67.2. The van der Waals surface area contributed by atoms with Gasteiger partial charge in [0.2, 0.25) is 0 Å². The van der Waals surface area contributed by atoms with Crippen LogP contribution in [0, 0.1) is 0 Å². The standard InChI is InChI=1S/C54H98O5.C10H14O3/c1-3-5-7-9-11-13-15-17-19-21-23-25-27-29-31-33-35-37-42-46-53(55)58-50-52(49-57-48-51-44-40-39-41-45-51)59-54(56)47-43-38-36-34-32-30-28-26-24-22-20-18-16-14-12-10-8-6-4-2;11-6-10(12)8-13-7-9-4-2-1-3-5-9/h39-41,44-45,52H,3-38,42-43,46-50H2,1-2H3;1-5,10-12H,6-8H2/t52-;10-/m01/s1. The van der Waals surface area contributed by atoms with Crippen LogP contribution in [0.2, 0.25) is 0 Å². The van der Waals surface area contributed by atoms with Crippen molar-refractivity contribution in [3.05, 3.63) is 71.8 Å². The first-order valence-corrected chi connectivity index (χ1v) is 30.4. The second kappa shape index (κ2) is 54.5. The number of unbranched alkanes of at least 4 members (excludes halogenated alkanes) is 36. The van der Waals surface area contributed by atoms with Gasteiger partial charge < -0.3 is 29.2 Å². The highest BCUT2D eigenvalue weighted by atomic mass is 16.6. The van der Waals surface area contributed by atoms with Crippen LogP contribution in [0.15, 0.2) is 60.7 Å². The van der Waals surface area contributed by atoms with Crippen LogP contribution < -0.4 is 0 Å². The maximum absolute atomic E-state index is 12.8. The van der Waals surface area contributed by atoms with Gasteiger partial charge in [0.05, 0.1) is 33.0 Å². The first-order valence-electron chi connectivity index (χ1n) is 30.4. The summed E-state index contributed by atoms with van der Waals surface area (Å²) < 4.78 is 22.4. The van der Waals surface area contributed by atoms with Crippen molar-refractivity contribution in [1.29, 1.82) is 0 Å². The lowest BCUT2D eigenvalue weighted by atomic mass is 10.0. The molecule has 2 aromatic rings. The average Bonchev–Trinajstić information content (AvgIpc) is 3.40. The third-order valence-electron chi connectivity index (χ3n) is 13.7. The van der Waals surface area contributed by atoms with Crippen molar-refractivity contribution in [2.75, 3.05) is 26.4 Å². The second-order valence-electron chi connectivity index (χ2n) is 20.9. The number of hydrogen-bond acceptors (Lipinski definition) is 8. The van der Waals surface area contributed by atoms with Crippen molar-refractivity contribution in [3.63, 3.8) is 0 Å². The van der Waals surface area contributed by atoms with Crippen molar-refractivity contribution in [2.45, 2.75) is 296 Å². The zero-order valence-corrected chi connectivity index (χ0v) is 46.8. The topological polar surface area (TPSA) is 112 Å². The van der Waals surface area contributed by atoms with Gasteiger partial charge in [-0.1, -0.05) is 306 Å². The predicted molar refractivity (Wildman–Crippen MR) is 302 cm³/mol. The summed E-state index contributed by atoms with van der Waals surface area (Å²) in [4.78, 5) is 25.3. The van der Waals surface area contributed by atoms with Gasteiger partial charge in [0.1, 0.15) is 12.7 Å². The van der Waals surface area contributed by atoms with Crippen molar-refractivity contribution in [3.8, 4) is 0 Å². The SMILES string of the molecule is CCCCCCCCCCCCCCCCCCCCCC(=O)OC[C@H](COCc1ccccc1)OC(=O)CCCCCCCCCCCCCCCCCCCCC.OC[C@@H](O)COCc1ccccc1. The van der Waals surface area contributed by atoms with E-state index in [0.29, 0.717) is 26.1 Å². The molecule has 0 saturated heterocycles. The molecule has 8 heteroatoms. The van der Waals surface area contributed by atoms with Crippen LogP contribution in [-0.2, 0) is 41.8 Å². The van der Waals surface area contributed by atoms with Crippen LogP contribution in [0.1, 0.15) is 282 Å². The third-order valence-corrected chi connectivity index (χ3v) is 13.7. The number of aliphatic hydroxyl groups excluding tert-OH is 2. The molecule has 0 aliphatic rings. The van der Waals surface area contributed by atoms with E-state index in [1.54, 1.807) is 0 Å². The van der Waals surface area contributed by atoms with Crippen LogP contribution in [-0.4, -0.2) is 60.8 Å². The highest BCUT2D eigenvalue weighted by molar-refractivity contribution is 5.70.